The van der Waals surface area contributed by atoms with E-state index in [1.165, 1.54) is 21.3 Å². The fourth-order valence-corrected chi connectivity index (χ4v) is 1.93. The maximum absolute atomic E-state index is 11.1. The van der Waals surface area contributed by atoms with E-state index in [0.717, 1.165) is 0 Å². The number of rotatable bonds is 6. The molecule has 1 aromatic rings. The van der Waals surface area contributed by atoms with Crippen LogP contribution in [0.5, 0.6) is 17.2 Å². The van der Waals surface area contributed by atoms with Crippen LogP contribution in [0.4, 0.5) is 0 Å². The van der Waals surface area contributed by atoms with Gasteiger partial charge < -0.3 is 18.9 Å². The number of hydrogen-bond donors (Lipinski definition) is 0. The summed E-state index contributed by atoms with van der Waals surface area (Å²) in [5, 5.41) is 0. The molecule has 94 valence electrons. The van der Waals surface area contributed by atoms with Crippen molar-refractivity contribution < 1.29 is 23.7 Å². The van der Waals surface area contributed by atoms with E-state index in [-0.39, 0.29) is 12.4 Å². The Morgan fingerprint density at radius 3 is 2.41 bits per heavy atom. The van der Waals surface area contributed by atoms with Crippen molar-refractivity contribution in [2.75, 3.05) is 28.1 Å². The molecule has 0 amide bonds. The van der Waals surface area contributed by atoms with Crippen LogP contribution in [0.3, 0.4) is 0 Å². The van der Waals surface area contributed by atoms with Gasteiger partial charge in [0.1, 0.15) is 11.3 Å². The first-order chi connectivity index (χ1) is 8.19. The summed E-state index contributed by atoms with van der Waals surface area (Å²) in [7, 11) is 4.45. The van der Waals surface area contributed by atoms with Gasteiger partial charge in [0, 0.05) is 13.2 Å². The zero-order chi connectivity index (χ0) is 12.8. The van der Waals surface area contributed by atoms with Gasteiger partial charge in [0.25, 0.3) is 0 Å². The molecule has 0 saturated carbocycles. The van der Waals surface area contributed by atoms with E-state index >= 15 is 0 Å². The molecule has 0 radical (unpaired) electrons. The highest BCUT2D eigenvalue weighted by atomic mass is 79.9. The number of hydrogen-bond acceptors (Lipinski definition) is 5. The summed E-state index contributed by atoms with van der Waals surface area (Å²) in [6.45, 7) is 0.0159. The highest BCUT2D eigenvalue weighted by Gasteiger charge is 2.19. The number of ether oxygens (including phenoxy) is 4. The molecule has 6 heteroatoms. The van der Waals surface area contributed by atoms with Crippen LogP contribution >= 0.6 is 15.9 Å². The molecule has 0 aliphatic heterocycles. The summed E-state index contributed by atoms with van der Waals surface area (Å²) in [4.78, 5) is 11.1. The topological polar surface area (TPSA) is 54.0 Å². The number of methoxy groups -OCH3 is 3. The lowest BCUT2D eigenvalue weighted by atomic mass is 10.2. The van der Waals surface area contributed by atoms with E-state index in [1.54, 1.807) is 6.07 Å². The van der Waals surface area contributed by atoms with Crippen LogP contribution < -0.4 is 14.2 Å². The van der Waals surface area contributed by atoms with Gasteiger partial charge in [-0.1, -0.05) is 0 Å². The van der Waals surface area contributed by atoms with Crippen molar-refractivity contribution in [3.8, 4) is 17.2 Å². The van der Waals surface area contributed by atoms with Crippen LogP contribution in [0.2, 0.25) is 0 Å². The first-order valence-corrected chi connectivity index (χ1v) is 5.50. The monoisotopic (exact) mass is 304 g/mol. The predicted molar refractivity (Wildman–Crippen MR) is 65.1 cm³/mol. The maximum atomic E-state index is 11.1. The summed E-state index contributed by atoms with van der Waals surface area (Å²) in [6, 6.07) is 1.66. The molecule has 0 unspecified atom stereocenters. The molecule has 0 saturated heterocycles. The second kappa shape index (κ2) is 6.46. The summed E-state index contributed by atoms with van der Waals surface area (Å²) in [5.74, 6) is 1.12. The molecule has 0 atom stereocenters. The Bertz CT molecular complexity index is 405. The van der Waals surface area contributed by atoms with Crippen LogP contribution in [0.1, 0.15) is 10.4 Å². The Hall–Kier alpha value is -1.27. The molecule has 0 spiro atoms. The Kier molecular flexibility index (Phi) is 5.24. The molecule has 0 heterocycles. The van der Waals surface area contributed by atoms with E-state index in [2.05, 4.69) is 15.9 Å². The highest BCUT2D eigenvalue weighted by Crippen LogP contribution is 2.41. The van der Waals surface area contributed by atoms with Gasteiger partial charge in [0.15, 0.2) is 24.6 Å². The Labute approximate surface area is 108 Å². The van der Waals surface area contributed by atoms with Crippen LogP contribution in [0.15, 0.2) is 10.5 Å². The van der Waals surface area contributed by atoms with Gasteiger partial charge in [-0.3, -0.25) is 4.79 Å². The lowest BCUT2D eigenvalue weighted by Gasteiger charge is -2.15. The third-order valence-electron chi connectivity index (χ3n) is 2.05. The predicted octanol–water partition coefficient (Wildman–Crippen LogP) is 2.26. The molecule has 0 aromatic heterocycles. The lowest BCUT2D eigenvalue weighted by Crippen LogP contribution is -2.05. The van der Waals surface area contributed by atoms with Crippen molar-refractivity contribution in [1.82, 2.24) is 0 Å². The zero-order valence-corrected chi connectivity index (χ0v) is 11.4. The molecule has 0 aliphatic rings. The number of aldehydes is 1. The standard InChI is InChI=1S/C11H13BrO5/c1-14-6-17-11-7(5-13)10(16-3)8(12)4-9(11)15-2/h4-5H,6H2,1-3H3. The second-order valence-corrected chi connectivity index (χ2v) is 3.86. The minimum Gasteiger partial charge on any atom is -0.495 e. The number of carbonyl (C=O) groups is 1. The highest BCUT2D eigenvalue weighted by molar-refractivity contribution is 9.10. The molecule has 0 bridgehead atoms. The minimum atomic E-state index is 0.0159. The molecule has 1 aromatic carbocycles. The van der Waals surface area contributed by atoms with Crippen molar-refractivity contribution in [2.45, 2.75) is 0 Å². The molecule has 0 aliphatic carbocycles. The Morgan fingerprint density at radius 2 is 1.94 bits per heavy atom. The number of halogens is 1. The van der Waals surface area contributed by atoms with Crippen LogP contribution in [0.25, 0.3) is 0 Å². The lowest BCUT2D eigenvalue weighted by molar-refractivity contribution is 0.0483. The van der Waals surface area contributed by atoms with E-state index in [4.69, 9.17) is 18.9 Å². The van der Waals surface area contributed by atoms with Crippen LogP contribution in [0, 0.1) is 0 Å². The summed E-state index contributed by atoms with van der Waals surface area (Å²) in [6.07, 6.45) is 0.650. The van der Waals surface area contributed by atoms with Crippen molar-refractivity contribution in [1.29, 1.82) is 0 Å². The summed E-state index contributed by atoms with van der Waals surface area (Å²) < 4.78 is 21.0. The van der Waals surface area contributed by atoms with Crippen molar-refractivity contribution >= 4 is 22.2 Å². The van der Waals surface area contributed by atoms with E-state index in [1.807, 2.05) is 0 Å². The first kappa shape index (κ1) is 13.8. The van der Waals surface area contributed by atoms with Crippen molar-refractivity contribution in [3.63, 3.8) is 0 Å². The SMILES string of the molecule is COCOc1c(OC)cc(Br)c(OC)c1C=O. The quantitative estimate of drug-likeness (QED) is 0.596. The van der Waals surface area contributed by atoms with E-state index in [0.29, 0.717) is 28.0 Å². The summed E-state index contributed by atoms with van der Waals surface area (Å²) >= 11 is 3.29. The van der Waals surface area contributed by atoms with Gasteiger partial charge in [0.2, 0.25) is 0 Å². The zero-order valence-electron chi connectivity index (χ0n) is 9.78. The molecular formula is C11H13BrO5. The third kappa shape index (κ3) is 2.89. The minimum absolute atomic E-state index is 0.0159. The van der Waals surface area contributed by atoms with E-state index in [9.17, 15) is 4.79 Å². The van der Waals surface area contributed by atoms with E-state index < -0.39 is 0 Å². The van der Waals surface area contributed by atoms with Gasteiger partial charge in [-0.05, 0) is 15.9 Å². The van der Waals surface area contributed by atoms with Crippen molar-refractivity contribution in [3.05, 3.63) is 16.1 Å². The summed E-state index contributed by atoms with van der Waals surface area (Å²) in [5.41, 5.74) is 0.274. The van der Waals surface area contributed by atoms with Crippen molar-refractivity contribution in [2.24, 2.45) is 0 Å². The van der Waals surface area contributed by atoms with Gasteiger partial charge in [-0.25, -0.2) is 0 Å². The third-order valence-corrected chi connectivity index (χ3v) is 2.64. The van der Waals surface area contributed by atoms with Gasteiger partial charge in [-0.15, -0.1) is 0 Å². The largest absolute Gasteiger partial charge is 0.495 e. The average molecular weight is 305 g/mol. The average Bonchev–Trinajstić information content (AvgIpc) is 2.35. The van der Waals surface area contributed by atoms with Gasteiger partial charge in [-0.2, -0.15) is 0 Å². The first-order valence-electron chi connectivity index (χ1n) is 4.71. The molecule has 0 N–H and O–H groups in total. The van der Waals surface area contributed by atoms with Gasteiger partial charge in [0.05, 0.1) is 18.7 Å². The number of benzene rings is 1. The Morgan fingerprint density at radius 1 is 1.24 bits per heavy atom. The second-order valence-electron chi connectivity index (χ2n) is 3.01. The molecule has 5 nitrogen and oxygen atoms in total. The normalized spacial score (nSPS) is 9.88. The maximum Gasteiger partial charge on any atom is 0.188 e. The van der Waals surface area contributed by atoms with Gasteiger partial charge >= 0.3 is 0 Å². The smallest absolute Gasteiger partial charge is 0.188 e. The molecule has 0 fully saturated rings. The molecular weight excluding hydrogens is 292 g/mol. The number of carbonyl (C=O) groups excluding carboxylic acids is 1. The fourth-order valence-electron chi connectivity index (χ4n) is 1.34. The van der Waals surface area contributed by atoms with Crippen LogP contribution in [-0.2, 0) is 4.74 Å². The molecule has 17 heavy (non-hydrogen) atoms. The Balaban J connectivity index is 3.34. The fraction of sp³-hybridized carbons (Fsp3) is 0.364. The van der Waals surface area contributed by atoms with Crippen LogP contribution in [-0.4, -0.2) is 34.4 Å². The molecule has 1 rings (SSSR count).